The number of rotatable bonds is 5. The zero-order valence-electron chi connectivity index (χ0n) is 12.5. The van der Waals surface area contributed by atoms with Crippen LogP contribution in [0.15, 0.2) is 23.2 Å². The van der Waals surface area contributed by atoms with Crippen LogP contribution in [0.5, 0.6) is 0 Å². The number of para-hydroxylation sites is 1. The van der Waals surface area contributed by atoms with Gasteiger partial charge in [-0.2, -0.15) is 0 Å². The lowest BCUT2D eigenvalue weighted by molar-refractivity contribution is 0.256. The van der Waals surface area contributed by atoms with Crippen molar-refractivity contribution in [3.05, 3.63) is 29.3 Å². The minimum Gasteiger partial charge on any atom is -0.370 e. The number of benzene rings is 1. The molecule has 0 aliphatic rings. The average molecular weight is 276 g/mol. The molecule has 0 fully saturated rings. The first-order valence-corrected chi connectivity index (χ1v) is 7.04. The normalized spacial score (nSPS) is 11.2. The van der Waals surface area contributed by atoms with E-state index in [4.69, 9.17) is 5.73 Å². The third kappa shape index (κ3) is 4.91. The number of urea groups is 1. The van der Waals surface area contributed by atoms with Gasteiger partial charge in [0, 0.05) is 12.2 Å². The number of nitrogens with two attached hydrogens (primary N) is 1. The van der Waals surface area contributed by atoms with Crippen LogP contribution in [-0.2, 0) is 6.42 Å². The number of amides is 2. The lowest BCUT2D eigenvalue weighted by Crippen LogP contribution is -2.40. The molecule has 0 aliphatic heterocycles. The number of hydrogen-bond donors (Lipinski definition) is 3. The highest BCUT2D eigenvalue weighted by Crippen LogP contribution is 2.20. The van der Waals surface area contributed by atoms with Gasteiger partial charge < -0.3 is 11.1 Å². The maximum absolute atomic E-state index is 11.9. The van der Waals surface area contributed by atoms with Gasteiger partial charge in [-0.1, -0.05) is 38.5 Å². The summed E-state index contributed by atoms with van der Waals surface area (Å²) in [5.74, 6) is 0.155. The minimum atomic E-state index is -0.355. The highest BCUT2D eigenvalue weighted by molar-refractivity contribution is 6.02. The van der Waals surface area contributed by atoms with Gasteiger partial charge in [0.05, 0.1) is 0 Å². The van der Waals surface area contributed by atoms with Crippen LogP contribution in [0.1, 0.15) is 37.8 Å². The van der Waals surface area contributed by atoms with Crippen molar-refractivity contribution in [2.45, 2.75) is 40.0 Å². The number of nitrogens with zero attached hydrogens (tertiary/aromatic N) is 1. The molecule has 0 saturated carbocycles. The molecule has 0 radical (unpaired) electrons. The molecular formula is C15H24N4O. The third-order valence-corrected chi connectivity index (χ3v) is 3.01. The van der Waals surface area contributed by atoms with Crippen molar-refractivity contribution in [1.29, 1.82) is 0 Å². The number of anilines is 1. The fraction of sp³-hybridized carbons (Fsp3) is 0.467. The molecule has 0 spiro atoms. The molecule has 5 heteroatoms. The van der Waals surface area contributed by atoms with Crippen LogP contribution < -0.4 is 16.4 Å². The molecule has 20 heavy (non-hydrogen) atoms. The molecule has 5 nitrogen and oxygen atoms in total. The van der Waals surface area contributed by atoms with Gasteiger partial charge in [-0.3, -0.25) is 10.3 Å². The first-order valence-electron chi connectivity index (χ1n) is 7.04. The maximum atomic E-state index is 11.9. The van der Waals surface area contributed by atoms with Crippen LogP contribution in [-0.4, -0.2) is 18.5 Å². The fourth-order valence-electron chi connectivity index (χ4n) is 1.86. The number of aliphatic imine (C=N–C) groups is 1. The van der Waals surface area contributed by atoms with Crippen molar-refractivity contribution in [3.8, 4) is 0 Å². The van der Waals surface area contributed by atoms with Crippen molar-refractivity contribution >= 4 is 17.7 Å². The third-order valence-electron chi connectivity index (χ3n) is 3.01. The first kappa shape index (κ1) is 16.0. The molecule has 0 unspecified atom stereocenters. The fourth-order valence-corrected chi connectivity index (χ4v) is 1.86. The van der Waals surface area contributed by atoms with E-state index in [0.717, 1.165) is 36.1 Å². The molecular weight excluding hydrogens is 252 g/mol. The van der Waals surface area contributed by atoms with Gasteiger partial charge in [0.25, 0.3) is 0 Å². The van der Waals surface area contributed by atoms with Crippen LogP contribution in [0.3, 0.4) is 0 Å². The number of carbonyl (C=O) groups is 1. The van der Waals surface area contributed by atoms with E-state index in [2.05, 4.69) is 29.5 Å². The zero-order chi connectivity index (χ0) is 15.0. The number of hydrogen-bond acceptors (Lipinski definition) is 2. The molecule has 0 bridgehead atoms. The van der Waals surface area contributed by atoms with Crippen LogP contribution in [0.2, 0.25) is 0 Å². The molecule has 0 atom stereocenters. The maximum Gasteiger partial charge on any atom is 0.326 e. The Balaban J connectivity index is 2.65. The summed E-state index contributed by atoms with van der Waals surface area (Å²) in [5, 5.41) is 5.38. The predicted molar refractivity (Wildman–Crippen MR) is 84.1 cm³/mol. The molecule has 2 amide bonds. The van der Waals surface area contributed by atoms with E-state index >= 15 is 0 Å². The van der Waals surface area contributed by atoms with Crippen molar-refractivity contribution < 1.29 is 4.79 Å². The highest BCUT2D eigenvalue weighted by Gasteiger charge is 2.08. The van der Waals surface area contributed by atoms with Gasteiger partial charge in [0.1, 0.15) is 0 Å². The van der Waals surface area contributed by atoms with Crippen LogP contribution in [0.25, 0.3) is 0 Å². The topological polar surface area (TPSA) is 79.5 Å². The van der Waals surface area contributed by atoms with Gasteiger partial charge in [0.2, 0.25) is 0 Å². The van der Waals surface area contributed by atoms with E-state index in [1.165, 1.54) is 0 Å². The standard InChI is InChI=1S/C15H24N4O/c1-4-6-10-17-14(16)19-15(20)18-13-11(3)8-7-9-12(13)5-2/h7-9H,4-6,10H2,1-3H3,(H4,16,17,18,19,20). The number of nitrogens with one attached hydrogen (secondary N) is 2. The molecule has 1 aromatic rings. The Hall–Kier alpha value is -2.04. The SMILES string of the molecule is CCCCN=C(N)NC(=O)Nc1c(C)cccc1CC. The predicted octanol–water partition coefficient (Wildman–Crippen LogP) is 2.79. The second kappa shape index (κ2) is 8.19. The van der Waals surface area contributed by atoms with E-state index in [1.54, 1.807) is 0 Å². The number of unbranched alkanes of at least 4 members (excludes halogenated alkanes) is 1. The average Bonchev–Trinajstić information content (AvgIpc) is 2.41. The van der Waals surface area contributed by atoms with E-state index in [1.807, 2.05) is 25.1 Å². The van der Waals surface area contributed by atoms with E-state index in [-0.39, 0.29) is 12.0 Å². The summed E-state index contributed by atoms with van der Waals surface area (Å²) in [6.45, 7) is 6.73. The summed E-state index contributed by atoms with van der Waals surface area (Å²) in [7, 11) is 0. The van der Waals surface area contributed by atoms with Crippen molar-refractivity contribution in [3.63, 3.8) is 0 Å². The Bertz CT molecular complexity index is 483. The summed E-state index contributed by atoms with van der Waals surface area (Å²) in [4.78, 5) is 16.0. The smallest absolute Gasteiger partial charge is 0.326 e. The minimum absolute atomic E-state index is 0.155. The number of guanidine groups is 1. The Morgan fingerprint density at radius 3 is 2.75 bits per heavy atom. The van der Waals surface area contributed by atoms with E-state index < -0.39 is 0 Å². The number of carbonyl (C=O) groups excluding carboxylic acids is 1. The van der Waals surface area contributed by atoms with Gasteiger partial charge in [0.15, 0.2) is 5.96 Å². The molecule has 0 aromatic heterocycles. The molecule has 0 saturated heterocycles. The first-order chi connectivity index (χ1) is 9.58. The van der Waals surface area contributed by atoms with E-state index in [9.17, 15) is 4.79 Å². The summed E-state index contributed by atoms with van der Waals surface area (Å²) in [6.07, 6.45) is 2.87. The second-order valence-corrected chi connectivity index (χ2v) is 4.66. The molecule has 0 aliphatic carbocycles. The Kier molecular flexibility index (Phi) is 6.56. The quantitative estimate of drug-likeness (QED) is 0.439. The zero-order valence-corrected chi connectivity index (χ0v) is 12.5. The summed E-state index contributed by atoms with van der Waals surface area (Å²) < 4.78 is 0. The van der Waals surface area contributed by atoms with Crippen LogP contribution in [0, 0.1) is 6.92 Å². The second-order valence-electron chi connectivity index (χ2n) is 4.66. The highest BCUT2D eigenvalue weighted by atomic mass is 16.2. The van der Waals surface area contributed by atoms with Gasteiger partial charge in [-0.25, -0.2) is 4.79 Å². The summed E-state index contributed by atoms with van der Waals surface area (Å²) in [5.41, 5.74) is 8.62. The Labute approximate surface area is 120 Å². The summed E-state index contributed by atoms with van der Waals surface area (Å²) in [6, 6.07) is 5.60. The van der Waals surface area contributed by atoms with Crippen molar-refractivity contribution in [1.82, 2.24) is 5.32 Å². The Morgan fingerprint density at radius 1 is 1.35 bits per heavy atom. The molecule has 110 valence electrons. The summed E-state index contributed by atoms with van der Waals surface area (Å²) >= 11 is 0. The van der Waals surface area contributed by atoms with E-state index in [0.29, 0.717) is 6.54 Å². The van der Waals surface area contributed by atoms with Crippen LogP contribution in [0.4, 0.5) is 10.5 Å². The van der Waals surface area contributed by atoms with Gasteiger partial charge in [-0.05, 0) is 30.9 Å². The lowest BCUT2D eigenvalue weighted by atomic mass is 10.1. The Morgan fingerprint density at radius 2 is 2.10 bits per heavy atom. The largest absolute Gasteiger partial charge is 0.370 e. The molecule has 0 heterocycles. The van der Waals surface area contributed by atoms with Crippen molar-refractivity contribution in [2.24, 2.45) is 10.7 Å². The van der Waals surface area contributed by atoms with Gasteiger partial charge >= 0.3 is 6.03 Å². The molecule has 1 aromatic carbocycles. The number of aryl methyl sites for hydroxylation is 2. The molecule has 4 N–H and O–H groups in total. The monoisotopic (exact) mass is 276 g/mol. The van der Waals surface area contributed by atoms with Crippen LogP contribution >= 0.6 is 0 Å². The lowest BCUT2D eigenvalue weighted by Gasteiger charge is -2.13. The molecule has 1 rings (SSSR count). The van der Waals surface area contributed by atoms with Gasteiger partial charge in [-0.15, -0.1) is 0 Å². The van der Waals surface area contributed by atoms with Crippen molar-refractivity contribution in [2.75, 3.05) is 11.9 Å².